The van der Waals surface area contributed by atoms with Gasteiger partial charge < -0.3 is 4.90 Å². The van der Waals surface area contributed by atoms with E-state index in [1.807, 2.05) is 6.07 Å². The summed E-state index contributed by atoms with van der Waals surface area (Å²) in [6.45, 7) is 0.588. The molecule has 1 aliphatic rings. The Hall–Kier alpha value is -3.22. The maximum absolute atomic E-state index is 14.2. The molecule has 10 heteroatoms. The summed E-state index contributed by atoms with van der Waals surface area (Å²) in [5.41, 5.74) is -0.0915. The van der Waals surface area contributed by atoms with Gasteiger partial charge in [0.15, 0.2) is 11.6 Å². The molecule has 4 rings (SSSR count). The minimum absolute atomic E-state index is 0.0574. The van der Waals surface area contributed by atoms with Crippen molar-refractivity contribution in [2.75, 3.05) is 18.0 Å². The number of hydrogen-bond acceptors (Lipinski definition) is 3. The van der Waals surface area contributed by atoms with E-state index in [2.05, 4.69) is 0 Å². The average molecular weight is 524 g/mol. The van der Waals surface area contributed by atoms with E-state index in [4.69, 9.17) is 11.6 Å². The van der Waals surface area contributed by atoms with Crippen molar-refractivity contribution in [2.45, 2.75) is 31.7 Å². The van der Waals surface area contributed by atoms with Crippen molar-refractivity contribution in [3.05, 3.63) is 99.3 Å². The lowest BCUT2D eigenvalue weighted by atomic mass is 10.0. The van der Waals surface area contributed by atoms with Gasteiger partial charge in [-0.25, -0.2) is 13.2 Å². The van der Waals surface area contributed by atoms with Gasteiger partial charge in [-0.2, -0.15) is 18.4 Å². The van der Waals surface area contributed by atoms with Gasteiger partial charge in [0.2, 0.25) is 0 Å². The van der Waals surface area contributed by atoms with Gasteiger partial charge in [-0.05, 0) is 42.3 Å². The molecule has 0 saturated carbocycles. The van der Waals surface area contributed by atoms with Crippen LogP contribution < -0.4 is 4.90 Å². The van der Waals surface area contributed by atoms with Gasteiger partial charge in [0.25, 0.3) is 0 Å². The van der Waals surface area contributed by atoms with E-state index in [1.165, 1.54) is 30.3 Å². The maximum Gasteiger partial charge on any atom is 0.416 e. The molecule has 1 fully saturated rings. The van der Waals surface area contributed by atoms with E-state index < -0.39 is 29.2 Å². The second-order valence-corrected chi connectivity index (χ2v) is 9.00. The Balaban J connectivity index is 1.64. The van der Waals surface area contributed by atoms with Gasteiger partial charge in [0, 0.05) is 49.5 Å². The molecule has 0 bridgehead atoms. The third-order valence-corrected chi connectivity index (χ3v) is 6.53. The molecule has 0 amide bonds. The summed E-state index contributed by atoms with van der Waals surface area (Å²) >= 11 is 6.22. The molecule has 1 atom stereocenters. The number of nitrogens with zero attached hydrogens (tertiary/aromatic N) is 3. The van der Waals surface area contributed by atoms with Crippen LogP contribution in [0.25, 0.3) is 0 Å². The second kappa shape index (κ2) is 10.4. The number of rotatable bonds is 6. The van der Waals surface area contributed by atoms with E-state index in [0.29, 0.717) is 31.3 Å². The zero-order chi connectivity index (χ0) is 26.0. The Kier molecular flexibility index (Phi) is 7.48. The molecule has 0 aromatic heterocycles. The van der Waals surface area contributed by atoms with Crippen LogP contribution in [-0.4, -0.2) is 24.0 Å². The van der Waals surface area contributed by atoms with Crippen LogP contribution in [0, 0.1) is 28.8 Å². The summed E-state index contributed by atoms with van der Waals surface area (Å²) in [6.07, 6.45) is -4.05. The molecule has 36 heavy (non-hydrogen) atoms. The van der Waals surface area contributed by atoms with Crippen LogP contribution in [0.3, 0.4) is 0 Å². The third-order valence-electron chi connectivity index (χ3n) is 6.22. The van der Waals surface area contributed by atoms with Crippen molar-refractivity contribution in [3.8, 4) is 6.07 Å². The molecule has 188 valence electrons. The quantitative estimate of drug-likeness (QED) is 0.259. The molecule has 0 radical (unpaired) electrons. The van der Waals surface area contributed by atoms with Crippen molar-refractivity contribution < 1.29 is 26.3 Å². The third kappa shape index (κ3) is 5.61. The second-order valence-electron chi connectivity index (χ2n) is 8.60. The topological polar surface area (TPSA) is 30.3 Å². The number of likely N-dealkylation sites (tertiary alicyclic amines) is 1. The fraction of sp³-hybridized carbons (Fsp3) is 0.269. The number of alkyl halides is 3. The van der Waals surface area contributed by atoms with Gasteiger partial charge in [-0.15, -0.1) is 0 Å². The van der Waals surface area contributed by atoms with Crippen LogP contribution in [0.15, 0.2) is 54.6 Å². The van der Waals surface area contributed by atoms with E-state index in [1.54, 1.807) is 15.9 Å². The van der Waals surface area contributed by atoms with Crippen LogP contribution in [0.5, 0.6) is 0 Å². The molecular formula is C26H20ClF6N3. The molecule has 3 aromatic rings. The van der Waals surface area contributed by atoms with Crippen LogP contribution in [0.4, 0.5) is 32.0 Å². The zero-order valence-electron chi connectivity index (χ0n) is 18.8. The number of nitriles is 1. The molecule has 0 N–H and O–H groups in total. The fourth-order valence-corrected chi connectivity index (χ4v) is 4.72. The van der Waals surface area contributed by atoms with Crippen LogP contribution in [0.1, 0.15) is 28.7 Å². The number of hydrogen-bond donors (Lipinski definition) is 0. The fourth-order valence-electron chi connectivity index (χ4n) is 4.50. The molecule has 0 unspecified atom stereocenters. The lowest BCUT2D eigenvalue weighted by Crippen LogP contribution is -2.37. The highest BCUT2D eigenvalue weighted by atomic mass is 35.5. The van der Waals surface area contributed by atoms with Gasteiger partial charge >= 0.3 is 6.18 Å². The molecule has 3 aromatic carbocycles. The molecule has 0 aliphatic carbocycles. The van der Waals surface area contributed by atoms with Crippen molar-refractivity contribution in [2.24, 2.45) is 0 Å². The monoisotopic (exact) mass is 523 g/mol. The Bertz CT molecular complexity index is 1300. The molecule has 0 spiro atoms. The van der Waals surface area contributed by atoms with Crippen LogP contribution >= 0.6 is 11.6 Å². The molecule has 1 saturated heterocycles. The molecule has 1 aliphatic heterocycles. The first-order chi connectivity index (χ1) is 17.1. The Morgan fingerprint density at radius 1 is 1.03 bits per heavy atom. The standard InChI is InChI=1S/C26H20ClF6N3/c27-23-11-20(6-5-16(23)12-34)36(14-17-3-1-2-4-22(17)26(31,32)33)21-7-8-35(15-21)13-18-9-19(28)10-24(29)25(18)30/h1-6,9-11,21H,7-8,13-15H2/t21-/m0/s1. The minimum Gasteiger partial charge on any atom is -0.363 e. The highest BCUT2D eigenvalue weighted by molar-refractivity contribution is 6.32. The van der Waals surface area contributed by atoms with Gasteiger partial charge in [-0.3, -0.25) is 4.90 Å². The Morgan fingerprint density at radius 2 is 1.78 bits per heavy atom. The van der Waals surface area contributed by atoms with Crippen molar-refractivity contribution in [1.29, 1.82) is 5.26 Å². The zero-order valence-corrected chi connectivity index (χ0v) is 19.6. The van der Waals surface area contributed by atoms with Gasteiger partial charge in [0.05, 0.1) is 16.1 Å². The summed E-state index contributed by atoms with van der Waals surface area (Å²) in [4.78, 5) is 3.55. The minimum atomic E-state index is -4.55. The summed E-state index contributed by atoms with van der Waals surface area (Å²) < 4.78 is 82.5. The molecule has 3 nitrogen and oxygen atoms in total. The Labute approximate surface area is 209 Å². The first kappa shape index (κ1) is 25.9. The highest BCUT2D eigenvalue weighted by Gasteiger charge is 2.35. The largest absolute Gasteiger partial charge is 0.416 e. The number of benzene rings is 3. The Morgan fingerprint density at radius 3 is 2.47 bits per heavy atom. The van der Waals surface area contributed by atoms with Crippen molar-refractivity contribution in [3.63, 3.8) is 0 Å². The van der Waals surface area contributed by atoms with E-state index in [-0.39, 0.29) is 40.8 Å². The predicted octanol–water partition coefficient (Wildman–Crippen LogP) is 6.93. The van der Waals surface area contributed by atoms with Crippen molar-refractivity contribution in [1.82, 2.24) is 4.90 Å². The average Bonchev–Trinajstić information content (AvgIpc) is 3.28. The van der Waals surface area contributed by atoms with E-state index >= 15 is 0 Å². The van der Waals surface area contributed by atoms with E-state index in [9.17, 15) is 31.6 Å². The number of anilines is 1. The van der Waals surface area contributed by atoms with Gasteiger partial charge in [0.1, 0.15) is 11.9 Å². The summed E-state index contributed by atoms with van der Waals surface area (Å²) in [5.74, 6) is -3.30. The summed E-state index contributed by atoms with van der Waals surface area (Å²) in [6, 6.07) is 13.0. The SMILES string of the molecule is N#Cc1ccc(N(Cc2ccccc2C(F)(F)F)[C@H]2CCN(Cc3cc(F)cc(F)c3F)C2)cc1Cl. The van der Waals surface area contributed by atoms with Crippen LogP contribution in [-0.2, 0) is 19.3 Å². The first-order valence-corrected chi connectivity index (χ1v) is 11.4. The number of halogens is 7. The molecular weight excluding hydrogens is 504 g/mol. The van der Waals surface area contributed by atoms with Crippen molar-refractivity contribution >= 4 is 17.3 Å². The smallest absolute Gasteiger partial charge is 0.363 e. The summed E-state index contributed by atoms with van der Waals surface area (Å²) in [5, 5.41) is 9.36. The van der Waals surface area contributed by atoms with Gasteiger partial charge in [-0.1, -0.05) is 29.8 Å². The maximum atomic E-state index is 14.2. The summed E-state index contributed by atoms with van der Waals surface area (Å²) in [7, 11) is 0. The van der Waals surface area contributed by atoms with E-state index in [0.717, 1.165) is 12.1 Å². The normalized spacial score (nSPS) is 16.2. The van der Waals surface area contributed by atoms with Crippen LogP contribution in [0.2, 0.25) is 5.02 Å². The lowest BCUT2D eigenvalue weighted by Gasteiger charge is -2.32. The first-order valence-electron chi connectivity index (χ1n) is 11.0. The lowest BCUT2D eigenvalue weighted by molar-refractivity contribution is -0.138. The predicted molar refractivity (Wildman–Crippen MR) is 124 cm³/mol. The molecule has 1 heterocycles. The highest BCUT2D eigenvalue weighted by Crippen LogP contribution is 2.35.